The second kappa shape index (κ2) is 11.3. The van der Waals surface area contributed by atoms with Crippen LogP contribution in [0, 0.1) is 5.92 Å². The molecule has 1 aromatic carbocycles. The van der Waals surface area contributed by atoms with Crippen LogP contribution in [0.15, 0.2) is 30.3 Å². The summed E-state index contributed by atoms with van der Waals surface area (Å²) in [6.07, 6.45) is 6.59. The molecular weight excluding hydrogens is 366 g/mol. The Morgan fingerprint density at radius 2 is 1.72 bits per heavy atom. The Bertz CT molecular complexity index is 636. The molecule has 0 saturated carbocycles. The van der Waals surface area contributed by atoms with Crippen molar-refractivity contribution in [3.05, 3.63) is 35.9 Å². The fraction of sp³-hybridized carbons (Fsp3) is 0.652. The molecule has 1 N–H and O–H groups in total. The number of nitrogens with zero attached hydrogens (tertiary/aromatic N) is 2. The van der Waals surface area contributed by atoms with E-state index >= 15 is 0 Å². The van der Waals surface area contributed by atoms with E-state index in [1.807, 2.05) is 0 Å². The fourth-order valence-electron chi connectivity index (χ4n) is 4.56. The molecule has 0 bridgehead atoms. The van der Waals surface area contributed by atoms with Crippen molar-refractivity contribution in [2.75, 3.05) is 46.4 Å². The van der Waals surface area contributed by atoms with E-state index in [0.29, 0.717) is 6.04 Å². The van der Waals surface area contributed by atoms with E-state index < -0.39 is 5.97 Å². The molecule has 0 unspecified atom stereocenters. The lowest BCUT2D eigenvalue weighted by atomic mass is 9.92. The monoisotopic (exact) mass is 401 g/mol. The highest BCUT2D eigenvalue weighted by atomic mass is 16.5. The maximum atomic E-state index is 12.2. The number of hydrogen-bond donors (Lipinski definition) is 1. The summed E-state index contributed by atoms with van der Waals surface area (Å²) in [5.74, 6) is -0.386. The van der Waals surface area contributed by atoms with Crippen molar-refractivity contribution in [1.29, 1.82) is 0 Å². The van der Waals surface area contributed by atoms with Crippen LogP contribution in [0.4, 0.5) is 0 Å². The van der Waals surface area contributed by atoms with Crippen LogP contribution in [0.3, 0.4) is 0 Å². The third-order valence-electron chi connectivity index (χ3n) is 6.39. The van der Waals surface area contributed by atoms with Crippen LogP contribution < -0.4 is 5.32 Å². The summed E-state index contributed by atoms with van der Waals surface area (Å²) in [4.78, 5) is 28.6. The van der Waals surface area contributed by atoms with Crippen molar-refractivity contribution < 1.29 is 14.3 Å². The van der Waals surface area contributed by atoms with Crippen LogP contribution in [0.5, 0.6) is 0 Å². The van der Waals surface area contributed by atoms with Crippen molar-refractivity contribution >= 4 is 11.9 Å². The summed E-state index contributed by atoms with van der Waals surface area (Å²) in [6, 6.07) is 11.4. The highest BCUT2D eigenvalue weighted by molar-refractivity contribution is 5.83. The molecule has 2 saturated heterocycles. The number of methoxy groups -OCH3 is 1. The predicted molar refractivity (Wildman–Crippen MR) is 114 cm³/mol. The van der Waals surface area contributed by atoms with Gasteiger partial charge in [0, 0.05) is 12.0 Å². The summed E-state index contributed by atoms with van der Waals surface area (Å²) in [5.41, 5.74) is 1.43. The first-order valence-electron chi connectivity index (χ1n) is 11.0. The molecule has 2 aliphatic rings. The molecule has 6 heteroatoms. The Hall–Kier alpha value is -1.92. The number of benzene rings is 1. The number of likely N-dealkylation sites (tertiary alicyclic amines) is 2. The molecule has 0 aromatic heterocycles. The molecule has 2 fully saturated rings. The van der Waals surface area contributed by atoms with Gasteiger partial charge in [-0.25, -0.2) is 0 Å². The summed E-state index contributed by atoms with van der Waals surface area (Å²) < 4.78 is 4.57. The lowest BCUT2D eigenvalue weighted by Crippen LogP contribution is -2.49. The highest BCUT2D eigenvalue weighted by Gasteiger charge is 2.30. The number of nitrogens with one attached hydrogen (secondary N) is 1. The number of carbonyl (C=O) groups is 2. The topological polar surface area (TPSA) is 61.9 Å². The second-order valence-electron chi connectivity index (χ2n) is 8.27. The lowest BCUT2D eigenvalue weighted by molar-refractivity contribution is -0.141. The van der Waals surface area contributed by atoms with Gasteiger partial charge in [-0.2, -0.15) is 0 Å². The summed E-state index contributed by atoms with van der Waals surface area (Å²) >= 11 is 0. The van der Waals surface area contributed by atoms with Gasteiger partial charge < -0.3 is 19.9 Å². The Kier molecular flexibility index (Phi) is 8.50. The number of piperidine rings is 2. The Labute approximate surface area is 174 Å². The minimum atomic E-state index is -0.397. The van der Waals surface area contributed by atoms with Crippen molar-refractivity contribution in [3.63, 3.8) is 0 Å². The normalized spacial score (nSPS) is 19.8. The van der Waals surface area contributed by atoms with Crippen LogP contribution in [0.2, 0.25) is 0 Å². The van der Waals surface area contributed by atoms with Crippen molar-refractivity contribution in [3.8, 4) is 0 Å². The zero-order chi connectivity index (χ0) is 20.5. The molecule has 2 heterocycles. The minimum Gasteiger partial charge on any atom is -0.468 e. The molecule has 29 heavy (non-hydrogen) atoms. The summed E-state index contributed by atoms with van der Waals surface area (Å²) in [5, 5.41) is 2.70. The number of hydrogen-bond acceptors (Lipinski definition) is 5. The van der Waals surface area contributed by atoms with Crippen LogP contribution >= 0.6 is 0 Å². The van der Waals surface area contributed by atoms with Gasteiger partial charge in [0.05, 0.1) is 7.11 Å². The predicted octanol–water partition coefficient (Wildman–Crippen LogP) is 2.08. The van der Waals surface area contributed by atoms with E-state index in [-0.39, 0.29) is 18.4 Å². The van der Waals surface area contributed by atoms with Gasteiger partial charge in [-0.05, 0) is 76.8 Å². The smallest absolute Gasteiger partial charge is 0.325 e. The molecule has 160 valence electrons. The van der Waals surface area contributed by atoms with Crippen LogP contribution in [-0.2, 0) is 20.7 Å². The van der Waals surface area contributed by atoms with Crippen molar-refractivity contribution in [2.24, 2.45) is 5.92 Å². The van der Waals surface area contributed by atoms with E-state index in [4.69, 9.17) is 0 Å². The molecule has 0 aliphatic carbocycles. The van der Waals surface area contributed by atoms with Gasteiger partial charge in [0.15, 0.2) is 0 Å². The van der Waals surface area contributed by atoms with Gasteiger partial charge >= 0.3 is 5.97 Å². The van der Waals surface area contributed by atoms with E-state index in [1.165, 1.54) is 51.6 Å². The van der Waals surface area contributed by atoms with E-state index in [2.05, 4.69) is 50.2 Å². The highest BCUT2D eigenvalue weighted by Crippen LogP contribution is 2.24. The number of amides is 1. The fourth-order valence-corrected chi connectivity index (χ4v) is 4.56. The average molecular weight is 402 g/mol. The van der Waals surface area contributed by atoms with Crippen molar-refractivity contribution in [1.82, 2.24) is 15.1 Å². The Balaban J connectivity index is 1.30. The summed E-state index contributed by atoms with van der Waals surface area (Å²) in [7, 11) is 1.33. The van der Waals surface area contributed by atoms with Gasteiger partial charge in [-0.1, -0.05) is 30.3 Å². The zero-order valence-corrected chi connectivity index (χ0v) is 17.6. The zero-order valence-electron chi connectivity index (χ0n) is 17.6. The standard InChI is InChI=1S/C23H35N3O3/c1-29-22(27)18-24-23(28)20-9-16-26(17-10-20)21-11-14-25(15-12-21)13-5-8-19-6-3-2-4-7-19/h2-4,6-7,20-21H,5,8-18H2,1H3,(H,24,28). The molecule has 1 amide bonds. The molecule has 0 radical (unpaired) electrons. The van der Waals surface area contributed by atoms with Gasteiger partial charge in [0.1, 0.15) is 6.54 Å². The first-order valence-corrected chi connectivity index (χ1v) is 11.0. The Morgan fingerprint density at radius 1 is 1.03 bits per heavy atom. The Morgan fingerprint density at radius 3 is 2.38 bits per heavy atom. The number of carbonyl (C=O) groups excluding carboxylic acids is 2. The number of aryl methyl sites for hydroxylation is 1. The molecular formula is C23H35N3O3. The SMILES string of the molecule is COC(=O)CNC(=O)C1CCN(C2CCN(CCCc3ccccc3)CC2)CC1. The number of ether oxygens (including phenoxy) is 1. The largest absolute Gasteiger partial charge is 0.468 e. The van der Waals surface area contributed by atoms with Crippen LogP contribution in [-0.4, -0.2) is 74.1 Å². The molecule has 2 aliphatic heterocycles. The number of rotatable bonds is 8. The van der Waals surface area contributed by atoms with E-state index in [0.717, 1.165) is 32.4 Å². The lowest BCUT2D eigenvalue weighted by Gasteiger charge is -2.41. The van der Waals surface area contributed by atoms with Gasteiger partial charge in [0.2, 0.25) is 5.91 Å². The first-order chi connectivity index (χ1) is 14.2. The molecule has 1 aromatic rings. The minimum absolute atomic E-state index is 0.0108. The molecule has 0 atom stereocenters. The maximum Gasteiger partial charge on any atom is 0.325 e. The average Bonchev–Trinajstić information content (AvgIpc) is 2.78. The third kappa shape index (κ3) is 6.82. The van der Waals surface area contributed by atoms with E-state index in [1.54, 1.807) is 0 Å². The first kappa shape index (κ1) is 21.8. The van der Waals surface area contributed by atoms with E-state index in [9.17, 15) is 9.59 Å². The molecule has 6 nitrogen and oxygen atoms in total. The van der Waals surface area contributed by atoms with Gasteiger partial charge in [-0.3, -0.25) is 9.59 Å². The third-order valence-corrected chi connectivity index (χ3v) is 6.39. The quantitative estimate of drug-likeness (QED) is 0.676. The van der Waals surface area contributed by atoms with Crippen LogP contribution in [0.25, 0.3) is 0 Å². The molecule has 0 spiro atoms. The summed E-state index contributed by atoms with van der Waals surface area (Å²) in [6.45, 7) is 5.48. The second-order valence-corrected chi connectivity index (χ2v) is 8.27. The number of esters is 1. The van der Waals surface area contributed by atoms with Crippen molar-refractivity contribution in [2.45, 2.75) is 44.6 Å². The van der Waals surface area contributed by atoms with Crippen LogP contribution in [0.1, 0.15) is 37.7 Å². The van der Waals surface area contributed by atoms with Gasteiger partial charge in [-0.15, -0.1) is 0 Å². The maximum absolute atomic E-state index is 12.2. The molecule has 3 rings (SSSR count). The van der Waals surface area contributed by atoms with Gasteiger partial charge in [0.25, 0.3) is 0 Å².